The van der Waals surface area contributed by atoms with E-state index in [0.29, 0.717) is 24.5 Å². The van der Waals surface area contributed by atoms with Gasteiger partial charge in [-0.25, -0.2) is 4.98 Å². The first-order valence-corrected chi connectivity index (χ1v) is 8.30. The number of anilines is 1. The lowest BCUT2D eigenvalue weighted by atomic mass is 10.1. The Kier molecular flexibility index (Phi) is 5.86. The highest BCUT2D eigenvalue weighted by Gasteiger charge is 2.11. The van der Waals surface area contributed by atoms with Crippen LogP contribution in [0.5, 0.6) is 0 Å². The van der Waals surface area contributed by atoms with Gasteiger partial charge in [0.05, 0.1) is 5.69 Å². The number of aryl methyl sites for hydroxylation is 2. The minimum Gasteiger partial charge on any atom is -0.356 e. The molecule has 2 aromatic rings. The van der Waals surface area contributed by atoms with Gasteiger partial charge in [-0.1, -0.05) is 0 Å². The lowest BCUT2D eigenvalue weighted by Crippen LogP contribution is -2.27. The molecule has 23 heavy (non-hydrogen) atoms. The third kappa shape index (κ3) is 4.88. The average molecular weight is 335 g/mol. The Morgan fingerprint density at radius 2 is 2.04 bits per heavy atom. The Morgan fingerprint density at radius 1 is 1.26 bits per heavy atom. The minimum absolute atomic E-state index is 0.0605. The van der Waals surface area contributed by atoms with Gasteiger partial charge in [0, 0.05) is 43.7 Å². The molecule has 7 nitrogen and oxygen atoms in total. The number of carbonyl (C=O) groups is 2. The highest BCUT2D eigenvalue weighted by Crippen LogP contribution is 2.14. The van der Waals surface area contributed by atoms with Gasteiger partial charge in [0.25, 0.3) is 0 Å². The molecule has 0 aliphatic rings. The number of nitrogens with zero attached hydrogens (tertiary/aromatic N) is 3. The van der Waals surface area contributed by atoms with Crippen molar-refractivity contribution in [3.05, 3.63) is 28.5 Å². The second-order valence-electron chi connectivity index (χ2n) is 5.26. The van der Waals surface area contributed by atoms with Crippen LogP contribution in [0.4, 0.5) is 5.13 Å². The molecule has 2 N–H and O–H groups in total. The SMILES string of the molecule is Cc1nn(C)c(C)c1CCC(=O)NCCC(=O)Nc1nccs1. The van der Waals surface area contributed by atoms with Crippen molar-refractivity contribution in [2.75, 3.05) is 11.9 Å². The van der Waals surface area contributed by atoms with Crippen molar-refractivity contribution in [2.24, 2.45) is 7.05 Å². The molecule has 2 heterocycles. The van der Waals surface area contributed by atoms with E-state index >= 15 is 0 Å². The summed E-state index contributed by atoms with van der Waals surface area (Å²) in [4.78, 5) is 27.5. The van der Waals surface area contributed by atoms with Crippen molar-refractivity contribution in [3.63, 3.8) is 0 Å². The van der Waals surface area contributed by atoms with E-state index in [-0.39, 0.29) is 18.2 Å². The molecule has 0 aromatic carbocycles. The third-order valence-corrected chi connectivity index (χ3v) is 4.30. The molecular formula is C15H21N5O2S. The van der Waals surface area contributed by atoms with Crippen LogP contribution in [0.2, 0.25) is 0 Å². The van der Waals surface area contributed by atoms with E-state index in [1.807, 2.05) is 25.6 Å². The maximum absolute atomic E-state index is 11.9. The number of hydrogen-bond donors (Lipinski definition) is 2. The Morgan fingerprint density at radius 3 is 2.65 bits per heavy atom. The molecule has 0 bridgehead atoms. The van der Waals surface area contributed by atoms with Gasteiger partial charge in [-0.15, -0.1) is 11.3 Å². The summed E-state index contributed by atoms with van der Waals surface area (Å²) >= 11 is 1.36. The largest absolute Gasteiger partial charge is 0.356 e. The Balaban J connectivity index is 1.68. The molecule has 0 aliphatic heterocycles. The number of amides is 2. The summed E-state index contributed by atoms with van der Waals surface area (Å²) in [5, 5.41) is 12.1. The van der Waals surface area contributed by atoms with E-state index in [2.05, 4.69) is 20.7 Å². The van der Waals surface area contributed by atoms with Crippen LogP contribution in [-0.2, 0) is 23.1 Å². The number of hydrogen-bond acceptors (Lipinski definition) is 5. The molecule has 0 saturated carbocycles. The molecule has 0 saturated heterocycles. The quantitative estimate of drug-likeness (QED) is 0.804. The molecule has 2 aromatic heterocycles. The second-order valence-corrected chi connectivity index (χ2v) is 6.15. The lowest BCUT2D eigenvalue weighted by molar-refractivity contribution is -0.121. The average Bonchev–Trinajstić information content (AvgIpc) is 3.07. The number of thiazole rings is 1. The predicted molar refractivity (Wildman–Crippen MR) is 89.4 cm³/mol. The first kappa shape index (κ1) is 17.1. The Bertz CT molecular complexity index is 678. The van der Waals surface area contributed by atoms with Gasteiger partial charge in [0.2, 0.25) is 11.8 Å². The molecule has 8 heteroatoms. The van der Waals surface area contributed by atoms with E-state index in [9.17, 15) is 9.59 Å². The summed E-state index contributed by atoms with van der Waals surface area (Å²) in [6.45, 7) is 4.26. The van der Waals surface area contributed by atoms with Crippen molar-refractivity contribution < 1.29 is 9.59 Å². The standard InChI is InChI=1S/C15H21N5O2S/c1-10-12(11(2)20(3)19-10)4-5-13(21)16-7-6-14(22)18-15-17-8-9-23-15/h8-9H,4-7H2,1-3H3,(H,16,21)(H,17,18,22). The van der Waals surface area contributed by atoms with Crippen molar-refractivity contribution in [2.45, 2.75) is 33.1 Å². The fraction of sp³-hybridized carbons (Fsp3) is 0.467. The maximum atomic E-state index is 11.9. The van der Waals surface area contributed by atoms with Crippen LogP contribution in [0.15, 0.2) is 11.6 Å². The first-order valence-electron chi connectivity index (χ1n) is 7.42. The zero-order chi connectivity index (χ0) is 16.8. The van der Waals surface area contributed by atoms with E-state index in [0.717, 1.165) is 17.0 Å². The maximum Gasteiger partial charge on any atom is 0.227 e. The van der Waals surface area contributed by atoms with Gasteiger partial charge in [-0.3, -0.25) is 14.3 Å². The number of rotatable bonds is 7. The van der Waals surface area contributed by atoms with Crippen LogP contribution in [-0.4, -0.2) is 33.1 Å². The van der Waals surface area contributed by atoms with E-state index < -0.39 is 0 Å². The normalized spacial score (nSPS) is 10.6. The number of nitrogens with one attached hydrogen (secondary N) is 2. The summed E-state index contributed by atoms with van der Waals surface area (Å²) in [7, 11) is 1.90. The Hall–Kier alpha value is -2.22. The molecule has 0 aliphatic carbocycles. The summed E-state index contributed by atoms with van der Waals surface area (Å²) in [6.07, 6.45) is 2.91. The van der Waals surface area contributed by atoms with E-state index in [1.165, 1.54) is 11.3 Å². The zero-order valence-electron chi connectivity index (χ0n) is 13.5. The molecule has 0 atom stereocenters. The van der Waals surface area contributed by atoms with Crippen LogP contribution in [0.3, 0.4) is 0 Å². The van der Waals surface area contributed by atoms with Gasteiger partial charge in [-0.2, -0.15) is 5.10 Å². The molecule has 0 unspecified atom stereocenters. The number of aromatic nitrogens is 3. The molecule has 0 spiro atoms. The fourth-order valence-electron chi connectivity index (χ4n) is 2.29. The highest BCUT2D eigenvalue weighted by atomic mass is 32.1. The van der Waals surface area contributed by atoms with Gasteiger partial charge in [0.15, 0.2) is 5.13 Å². The fourth-order valence-corrected chi connectivity index (χ4v) is 2.83. The first-order chi connectivity index (χ1) is 11.0. The van der Waals surface area contributed by atoms with Crippen LogP contribution < -0.4 is 10.6 Å². The lowest BCUT2D eigenvalue weighted by Gasteiger charge is -2.06. The van der Waals surface area contributed by atoms with E-state index in [4.69, 9.17) is 0 Å². The molecule has 0 fully saturated rings. The minimum atomic E-state index is -0.154. The van der Waals surface area contributed by atoms with Crippen molar-refractivity contribution in [1.82, 2.24) is 20.1 Å². The molecule has 0 radical (unpaired) electrons. The summed E-state index contributed by atoms with van der Waals surface area (Å²) in [5.41, 5.74) is 3.16. The predicted octanol–water partition coefficient (Wildman–Crippen LogP) is 1.57. The third-order valence-electron chi connectivity index (χ3n) is 3.61. The monoisotopic (exact) mass is 335 g/mol. The second kappa shape index (κ2) is 7.87. The zero-order valence-corrected chi connectivity index (χ0v) is 14.4. The molecule has 2 amide bonds. The number of carbonyl (C=O) groups excluding carboxylic acids is 2. The van der Waals surface area contributed by atoms with Crippen molar-refractivity contribution in [1.29, 1.82) is 0 Å². The van der Waals surface area contributed by atoms with Gasteiger partial charge < -0.3 is 10.6 Å². The smallest absolute Gasteiger partial charge is 0.227 e. The summed E-state index contributed by atoms with van der Waals surface area (Å²) in [6, 6.07) is 0. The highest BCUT2D eigenvalue weighted by molar-refractivity contribution is 7.13. The van der Waals surface area contributed by atoms with Crippen LogP contribution in [0.25, 0.3) is 0 Å². The van der Waals surface area contributed by atoms with Crippen molar-refractivity contribution >= 4 is 28.3 Å². The van der Waals surface area contributed by atoms with Gasteiger partial charge >= 0.3 is 0 Å². The molecule has 124 valence electrons. The molecular weight excluding hydrogens is 314 g/mol. The van der Waals surface area contributed by atoms with Crippen LogP contribution in [0.1, 0.15) is 29.8 Å². The molecule has 2 rings (SSSR count). The van der Waals surface area contributed by atoms with Crippen molar-refractivity contribution in [3.8, 4) is 0 Å². The van der Waals surface area contributed by atoms with Crippen LogP contribution >= 0.6 is 11.3 Å². The van der Waals surface area contributed by atoms with E-state index in [1.54, 1.807) is 11.6 Å². The van der Waals surface area contributed by atoms with Crippen LogP contribution in [0, 0.1) is 13.8 Å². The van der Waals surface area contributed by atoms with Gasteiger partial charge in [0.1, 0.15) is 0 Å². The summed E-state index contributed by atoms with van der Waals surface area (Å²) in [5.74, 6) is -0.214. The Labute approximate surface area is 139 Å². The topological polar surface area (TPSA) is 88.9 Å². The summed E-state index contributed by atoms with van der Waals surface area (Å²) < 4.78 is 1.82. The van der Waals surface area contributed by atoms with Gasteiger partial charge in [-0.05, 0) is 25.8 Å².